The first kappa shape index (κ1) is 8.01. The molecule has 0 aliphatic carbocycles. The van der Waals surface area contributed by atoms with Crippen molar-refractivity contribution in [2.24, 2.45) is 0 Å². The maximum atomic E-state index is 11.3. The molecule has 2 rings (SSSR count). The van der Waals surface area contributed by atoms with Gasteiger partial charge in [-0.1, -0.05) is 0 Å². The van der Waals surface area contributed by atoms with Gasteiger partial charge in [0.15, 0.2) is 6.20 Å². The molecule has 62 valence electrons. The van der Waals surface area contributed by atoms with Crippen LogP contribution in [0, 0.1) is 12.1 Å². The Bertz CT molecular complexity index is 438. The highest BCUT2D eigenvalue weighted by Gasteiger charge is 2.07. The van der Waals surface area contributed by atoms with E-state index in [0.717, 1.165) is 24.3 Å². The summed E-state index contributed by atoms with van der Waals surface area (Å²) >= 11 is 4.91. The highest BCUT2D eigenvalue weighted by Crippen LogP contribution is 2.24. The maximum absolute atomic E-state index is 11.3. The zero-order valence-electron chi connectivity index (χ0n) is 6.37. The van der Waals surface area contributed by atoms with Gasteiger partial charge in [0.25, 0.3) is 0 Å². The molecule has 0 saturated carbocycles. The van der Waals surface area contributed by atoms with Crippen molar-refractivity contribution in [2.75, 3.05) is 0 Å². The number of hydrogen-bond donors (Lipinski definition) is 0. The number of rotatable bonds is 0. The molecule has 0 atom stereocenters. The summed E-state index contributed by atoms with van der Waals surface area (Å²) in [4.78, 5) is 1.16. The number of hydrogen-bond acceptors (Lipinski definition) is 2. The van der Waals surface area contributed by atoms with Gasteiger partial charge in [-0.3, -0.25) is 0 Å². The minimum Gasteiger partial charge on any atom is -0.618 e. The smallest absolute Gasteiger partial charge is 0.234 e. The molecule has 0 bridgehead atoms. The average molecular weight is 244 g/mol. The molecule has 0 fully saturated rings. The molecule has 2 aromatic heterocycles. The Morgan fingerprint density at radius 1 is 1.50 bits per heavy atom. The summed E-state index contributed by atoms with van der Waals surface area (Å²) in [5.41, 5.74) is 0.751. The predicted octanol–water partition coefficient (Wildman–Crippen LogP) is 2.61. The van der Waals surface area contributed by atoms with E-state index in [4.69, 9.17) is 0 Å². The molecule has 0 unspecified atom stereocenters. The zero-order valence-corrected chi connectivity index (χ0v) is 8.78. The molecule has 0 saturated heterocycles. The molecule has 2 aromatic rings. The highest BCUT2D eigenvalue weighted by molar-refractivity contribution is 9.10. The van der Waals surface area contributed by atoms with Crippen LogP contribution in [-0.4, -0.2) is 0 Å². The summed E-state index contributed by atoms with van der Waals surface area (Å²) in [5, 5.41) is 11.3. The second-order valence-corrected chi connectivity index (χ2v) is 4.79. The van der Waals surface area contributed by atoms with Crippen LogP contribution < -0.4 is 4.73 Å². The van der Waals surface area contributed by atoms with Crippen LogP contribution in [-0.2, 0) is 0 Å². The second kappa shape index (κ2) is 2.71. The zero-order chi connectivity index (χ0) is 8.72. The molecule has 2 nitrogen and oxygen atoms in total. The SMILES string of the molecule is Cc1cc2c(cc(Br)c[n+]2[O-])s1. The molecule has 0 spiro atoms. The van der Waals surface area contributed by atoms with Crippen molar-refractivity contribution in [3.8, 4) is 0 Å². The number of thiophene rings is 1. The van der Waals surface area contributed by atoms with Crippen molar-refractivity contribution in [2.45, 2.75) is 6.92 Å². The van der Waals surface area contributed by atoms with Crippen LogP contribution in [0.25, 0.3) is 10.2 Å². The Hall–Kier alpha value is -0.610. The van der Waals surface area contributed by atoms with Crippen LogP contribution >= 0.6 is 27.3 Å². The van der Waals surface area contributed by atoms with E-state index >= 15 is 0 Å². The van der Waals surface area contributed by atoms with Gasteiger partial charge in [0.1, 0.15) is 4.70 Å². The Morgan fingerprint density at radius 2 is 2.25 bits per heavy atom. The summed E-state index contributed by atoms with van der Waals surface area (Å²) < 4.78 is 2.74. The Kier molecular flexibility index (Phi) is 1.81. The maximum Gasteiger partial charge on any atom is 0.234 e. The van der Waals surface area contributed by atoms with Gasteiger partial charge in [0.05, 0.1) is 4.47 Å². The fourth-order valence-electron chi connectivity index (χ4n) is 1.14. The Morgan fingerprint density at radius 3 is 3.00 bits per heavy atom. The number of aromatic nitrogens is 1. The lowest BCUT2D eigenvalue weighted by Gasteiger charge is -1.96. The molecule has 0 aromatic carbocycles. The van der Waals surface area contributed by atoms with E-state index in [1.54, 1.807) is 11.3 Å². The standard InChI is InChI=1S/C8H6BrNOS/c1-5-2-7-8(12-5)3-6(9)4-10(7)11/h2-4H,1H3. The number of aryl methyl sites for hydroxylation is 1. The van der Waals surface area contributed by atoms with E-state index < -0.39 is 0 Å². The first-order chi connectivity index (χ1) is 5.66. The average Bonchev–Trinajstić information content (AvgIpc) is 2.29. The van der Waals surface area contributed by atoms with E-state index in [1.807, 2.05) is 19.1 Å². The quantitative estimate of drug-likeness (QED) is 0.517. The first-order valence-corrected chi connectivity index (χ1v) is 5.06. The summed E-state index contributed by atoms with van der Waals surface area (Å²) in [6, 6.07) is 3.86. The highest BCUT2D eigenvalue weighted by atomic mass is 79.9. The monoisotopic (exact) mass is 243 g/mol. The lowest BCUT2D eigenvalue weighted by atomic mass is 10.4. The van der Waals surface area contributed by atoms with Gasteiger partial charge < -0.3 is 5.21 Å². The molecule has 12 heavy (non-hydrogen) atoms. The number of halogens is 1. The first-order valence-electron chi connectivity index (χ1n) is 3.45. The van der Waals surface area contributed by atoms with Crippen LogP contribution in [0.2, 0.25) is 0 Å². The fourth-order valence-corrected chi connectivity index (χ4v) is 2.66. The summed E-state index contributed by atoms with van der Waals surface area (Å²) in [5.74, 6) is 0. The molecule has 2 heterocycles. The van der Waals surface area contributed by atoms with Crippen LogP contribution in [0.4, 0.5) is 0 Å². The molecule has 0 aliphatic rings. The van der Waals surface area contributed by atoms with E-state index in [1.165, 1.54) is 6.20 Å². The Balaban J connectivity index is 2.88. The summed E-state index contributed by atoms with van der Waals surface area (Å²) in [6.07, 6.45) is 1.52. The van der Waals surface area contributed by atoms with Gasteiger partial charge >= 0.3 is 0 Å². The Labute approximate surface area is 82.2 Å². The lowest BCUT2D eigenvalue weighted by molar-refractivity contribution is -0.577. The van der Waals surface area contributed by atoms with Crippen LogP contribution in [0.3, 0.4) is 0 Å². The topological polar surface area (TPSA) is 26.9 Å². The van der Waals surface area contributed by atoms with E-state index in [9.17, 15) is 5.21 Å². The molecule has 4 heteroatoms. The molecule has 0 N–H and O–H groups in total. The largest absolute Gasteiger partial charge is 0.618 e. The molecular formula is C8H6BrNOS. The molecule has 0 aliphatic heterocycles. The van der Waals surface area contributed by atoms with Crippen molar-refractivity contribution in [1.29, 1.82) is 0 Å². The molecule has 0 radical (unpaired) electrons. The van der Waals surface area contributed by atoms with Crippen LogP contribution in [0.1, 0.15) is 4.88 Å². The van der Waals surface area contributed by atoms with Gasteiger partial charge in [0, 0.05) is 10.9 Å². The van der Waals surface area contributed by atoms with Gasteiger partial charge in [-0.15, -0.1) is 11.3 Å². The minimum absolute atomic E-state index is 0.751. The number of fused-ring (bicyclic) bond motifs is 1. The lowest BCUT2D eigenvalue weighted by Crippen LogP contribution is -2.25. The van der Waals surface area contributed by atoms with Crippen molar-refractivity contribution >= 4 is 37.5 Å². The molecule has 0 amide bonds. The normalized spacial score (nSPS) is 10.8. The minimum atomic E-state index is 0.751. The van der Waals surface area contributed by atoms with E-state index in [0.29, 0.717) is 0 Å². The number of pyridine rings is 1. The second-order valence-electron chi connectivity index (χ2n) is 2.59. The van der Waals surface area contributed by atoms with E-state index in [-0.39, 0.29) is 0 Å². The van der Waals surface area contributed by atoms with Crippen LogP contribution in [0.5, 0.6) is 0 Å². The fraction of sp³-hybridized carbons (Fsp3) is 0.125. The van der Waals surface area contributed by atoms with Crippen molar-refractivity contribution in [1.82, 2.24) is 0 Å². The number of nitrogens with zero attached hydrogens (tertiary/aromatic N) is 1. The van der Waals surface area contributed by atoms with Gasteiger partial charge in [-0.05, 0) is 28.9 Å². The third-order valence-electron chi connectivity index (χ3n) is 1.61. The molecular weight excluding hydrogens is 238 g/mol. The van der Waals surface area contributed by atoms with Gasteiger partial charge in [-0.25, -0.2) is 0 Å². The van der Waals surface area contributed by atoms with E-state index in [2.05, 4.69) is 15.9 Å². The summed E-state index contributed by atoms with van der Waals surface area (Å²) in [6.45, 7) is 2.00. The predicted molar refractivity (Wildman–Crippen MR) is 53.2 cm³/mol. The summed E-state index contributed by atoms with van der Waals surface area (Å²) in [7, 11) is 0. The van der Waals surface area contributed by atoms with Crippen molar-refractivity contribution in [3.05, 3.63) is 32.9 Å². The third-order valence-corrected chi connectivity index (χ3v) is 3.03. The third kappa shape index (κ3) is 1.21. The van der Waals surface area contributed by atoms with Crippen molar-refractivity contribution in [3.63, 3.8) is 0 Å². The van der Waals surface area contributed by atoms with Gasteiger partial charge in [0.2, 0.25) is 5.52 Å². The van der Waals surface area contributed by atoms with Crippen LogP contribution in [0.15, 0.2) is 22.8 Å². The van der Waals surface area contributed by atoms with Crippen molar-refractivity contribution < 1.29 is 4.73 Å². The van der Waals surface area contributed by atoms with Gasteiger partial charge in [-0.2, -0.15) is 4.73 Å².